The van der Waals surface area contributed by atoms with E-state index in [1.807, 2.05) is 12.1 Å². The smallest absolute Gasteiger partial charge is 0.220 e. The molecule has 5 heteroatoms. The van der Waals surface area contributed by atoms with Crippen molar-refractivity contribution in [3.8, 4) is 5.75 Å². The number of morpholine rings is 1. The van der Waals surface area contributed by atoms with E-state index in [-0.39, 0.29) is 11.9 Å². The second-order valence-corrected chi connectivity index (χ2v) is 7.93. The molecule has 0 spiro atoms. The molecule has 2 aliphatic rings. The van der Waals surface area contributed by atoms with Crippen molar-refractivity contribution < 1.29 is 14.3 Å². The van der Waals surface area contributed by atoms with E-state index in [1.54, 1.807) is 7.11 Å². The van der Waals surface area contributed by atoms with Crippen molar-refractivity contribution in [2.24, 2.45) is 5.92 Å². The molecule has 0 bridgehead atoms. The minimum Gasteiger partial charge on any atom is -0.497 e. The van der Waals surface area contributed by atoms with Crippen molar-refractivity contribution in [2.45, 2.75) is 57.7 Å². The third-order valence-corrected chi connectivity index (χ3v) is 5.58. The van der Waals surface area contributed by atoms with Gasteiger partial charge < -0.3 is 14.8 Å². The van der Waals surface area contributed by atoms with Crippen molar-refractivity contribution in [3.05, 3.63) is 29.8 Å². The fraction of sp³-hybridized carbons (Fsp3) is 0.667. The van der Waals surface area contributed by atoms with Gasteiger partial charge in [0, 0.05) is 31.6 Å². The van der Waals surface area contributed by atoms with Crippen LogP contribution in [0, 0.1) is 5.92 Å². The van der Waals surface area contributed by atoms with Crippen LogP contribution in [0.15, 0.2) is 24.3 Å². The monoisotopic (exact) mass is 360 g/mol. The first-order chi connectivity index (χ1) is 12.5. The van der Waals surface area contributed by atoms with E-state index >= 15 is 0 Å². The number of nitrogens with zero attached hydrogens (tertiary/aromatic N) is 1. The minimum atomic E-state index is 0.171. The molecule has 144 valence electrons. The van der Waals surface area contributed by atoms with Crippen LogP contribution in [0.25, 0.3) is 0 Å². The van der Waals surface area contributed by atoms with Crippen molar-refractivity contribution in [2.75, 3.05) is 26.8 Å². The first kappa shape index (κ1) is 19.2. The molecular formula is C21H32N2O3. The number of benzene rings is 1. The summed E-state index contributed by atoms with van der Waals surface area (Å²) >= 11 is 0. The van der Waals surface area contributed by atoms with E-state index in [0.717, 1.165) is 44.7 Å². The van der Waals surface area contributed by atoms with E-state index in [1.165, 1.54) is 5.56 Å². The first-order valence-corrected chi connectivity index (χ1v) is 9.83. The molecule has 2 heterocycles. The van der Waals surface area contributed by atoms with Crippen molar-refractivity contribution in [1.29, 1.82) is 0 Å². The second kappa shape index (κ2) is 8.87. The lowest BCUT2D eigenvalue weighted by atomic mass is 10.0. The third-order valence-electron chi connectivity index (χ3n) is 5.58. The third kappa shape index (κ3) is 4.98. The maximum atomic E-state index is 12.3. The molecule has 0 saturated carbocycles. The molecule has 2 aliphatic heterocycles. The Hall–Kier alpha value is -1.59. The molecule has 0 aliphatic carbocycles. The summed E-state index contributed by atoms with van der Waals surface area (Å²) in [5, 5.41) is 3.23. The van der Waals surface area contributed by atoms with E-state index in [4.69, 9.17) is 9.47 Å². The zero-order chi connectivity index (χ0) is 18.5. The van der Waals surface area contributed by atoms with Gasteiger partial charge in [0.2, 0.25) is 5.91 Å². The van der Waals surface area contributed by atoms with Gasteiger partial charge in [-0.15, -0.1) is 0 Å². The number of nitrogens with one attached hydrogen (secondary N) is 1. The van der Waals surface area contributed by atoms with Gasteiger partial charge in [-0.1, -0.05) is 26.0 Å². The van der Waals surface area contributed by atoms with Crippen molar-refractivity contribution >= 4 is 5.91 Å². The molecular weight excluding hydrogens is 328 g/mol. The quantitative estimate of drug-likeness (QED) is 0.812. The molecule has 0 aromatic heterocycles. The Morgan fingerprint density at radius 3 is 2.77 bits per heavy atom. The van der Waals surface area contributed by atoms with Gasteiger partial charge in [0.25, 0.3) is 0 Å². The fourth-order valence-electron chi connectivity index (χ4n) is 3.95. The number of aryl methyl sites for hydroxylation is 1. The highest BCUT2D eigenvalue weighted by Crippen LogP contribution is 2.26. The highest BCUT2D eigenvalue weighted by molar-refractivity contribution is 5.76. The molecule has 3 rings (SSSR count). The van der Waals surface area contributed by atoms with Gasteiger partial charge >= 0.3 is 0 Å². The lowest BCUT2D eigenvalue weighted by Gasteiger charge is -2.36. The fourth-order valence-corrected chi connectivity index (χ4v) is 3.95. The summed E-state index contributed by atoms with van der Waals surface area (Å²) in [6.45, 7) is 7.17. The van der Waals surface area contributed by atoms with Gasteiger partial charge in [0.15, 0.2) is 0 Å². The van der Waals surface area contributed by atoms with Crippen molar-refractivity contribution in [3.63, 3.8) is 0 Å². The van der Waals surface area contributed by atoms with Crippen LogP contribution in [0.2, 0.25) is 0 Å². The summed E-state index contributed by atoms with van der Waals surface area (Å²) in [6.07, 6.45) is 3.70. The SMILES string of the molecule is COc1ccc(CCCC(=O)N[C@H]2C[C@H]3CO[C@@H](C(C)C)CN3C2)cc1. The van der Waals surface area contributed by atoms with E-state index < -0.39 is 0 Å². The second-order valence-electron chi connectivity index (χ2n) is 7.93. The number of hydrogen-bond donors (Lipinski definition) is 1. The average Bonchev–Trinajstić information content (AvgIpc) is 3.03. The van der Waals surface area contributed by atoms with Crippen molar-refractivity contribution in [1.82, 2.24) is 10.2 Å². The van der Waals surface area contributed by atoms with Gasteiger partial charge in [0.05, 0.1) is 19.8 Å². The molecule has 1 N–H and O–H groups in total. The van der Waals surface area contributed by atoms with Crippen LogP contribution in [0.1, 0.15) is 38.7 Å². The van der Waals surface area contributed by atoms with Crippen LogP contribution in [-0.2, 0) is 16.0 Å². The number of carbonyl (C=O) groups is 1. The number of amides is 1. The van der Waals surface area contributed by atoms with Crippen LogP contribution >= 0.6 is 0 Å². The minimum absolute atomic E-state index is 0.171. The molecule has 5 nitrogen and oxygen atoms in total. The largest absolute Gasteiger partial charge is 0.497 e. The van der Waals surface area contributed by atoms with E-state index in [9.17, 15) is 4.79 Å². The Morgan fingerprint density at radius 2 is 2.08 bits per heavy atom. The molecule has 26 heavy (non-hydrogen) atoms. The van der Waals surface area contributed by atoms with Crippen LogP contribution < -0.4 is 10.1 Å². The summed E-state index contributed by atoms with van der Waals surface area (Å²) < 4.78 is 11.1. The van der Waals surface area contributed by atoms with E-state index in [2.05, 4.69) is 36.2 Å². The van der Waals surface area contributed by atoms with Gasteiger partial charge in [0.1, 0.15) is 5.75 Å². The molecule has 2 saturated heterocycles. The average molecular weight is 360 g/mol. The Labute approximate surface area is 157 Å². The highest BCUT2D eigenvalue weighted by atomic mass is 16.5. The van der Waals surface area contributed by atoms with Crippen LogP contribution in [0.5, 0.6) is 5.75 Å². The summed E-state index contributed by atoms with van der Waals surface area (Å²) in [4.78, 5) is 14.8. The van der Waals surface area contributed by atoms with Crippen LogP contribution in [-0.4, -0.2) is 55.8 Å². The van der Waals surface area contributed by atoms with Crippen LogP contribution in [0.3, 0.4) is 0 Å². The standard InChI is InChI=1S/C21H32N2O3/c1-15(2)20-13-23-12-17(11-18(23)14-26-20)22-21(24)6-4-5-16-7-9-19(25-3)10-8-16/h7-10,15,17-18,20H,4-6,11-14H2,1-3H3,(H,22,24)/t17-,18-,20+/m0/s1. The number of ether oxygens (including phenoxy) is 2. The number of methoxy groups -OCH3 is 1. The zero-order valence-electron chi connectivity index (χ0n) is 16.2. The Balaban J connectivity index is 1.37. The van der Waals surface area contributed by atoms with Gasteiger partial charge in [-0.3, -0.25) is 9.69 Å². The topological polar surface area (TPSA) is 50.8 Å². The predicted molar refractivity (Wildman–Crippen MR) is 102 cm³/mol. The Kier molecular flexibility index (Phi) is 6.54. The maximum Gasteiger partial charge on any atom is 0.220 e. The van der Waals surface area contributed by atoms with Gasteiger partial charge in [-0.25, -0.2) is 0 Å². The van der Waals surface area contributed by atoms with Gasteiger partial charge in [-0.05, 0) is 42.9 Å². The Morgan fingerprint density at radius 1 is 1.31 bits per heavy atom. The lowest BCUT2D eigenvalue weighted by Crippen LogP contribution is -2.48. The number of carbonyl (C=O) groups excluding carboxylic acids is 1. The molecule has 3 atom stereocenters. The lowest BCUT2D eigenvalue weighted by molar-refractivity contribution is -0.121. The number of fused-ring (bicyclic) bond motifs is 1. The molecule has 0 unspecified atom stereocenters. The molecule has 1 aromatic rings. The molecule has 0 radical (unpaired) electrons. The first-order valence-electron chi connectivity index (χ1n) is 9.83. The highest BCUT2D eigenvalue weighted by Gasteiger charge is 2.38. The normalized spacial score (nSPS) is 25.9. The summed E-state index contributed by atoms with van der Waals surface area (Å²) in [6, 6.07) is 8.80. The number of rotatable bonds is 7. The summed E-state index contributed by atoms with van der Waals surface area (Å²) in [5.74, 6) is 1.58. The summed E-state index contributed by atoms with van der Waals surface area (Å²) in [7, 11) is 1.67. The van der Waals surface area contributed by atoms with Gasteiger partial charge in [-0.2, -0.15) is 0 Å². The van der Waals surface area contributed by atoms with Crippen LogP contribution in [0.4, 0.5) is 0 Å². The van der Waals surface area contributed by atoms with E-state index in [0.29, 0.717) is 24.5 Å². The molecule has 1 amide bonds. The number of hydrogen-bond acceptors (Lipinski definition) is 4. The maximum absolute atomic E-state index is 12.3. The molecule has 1 aromatic carbocycles. The predicted octanol–water partition coefficient (Wildman–Crippen LogP) is 2.63. The summed E-state index contributed by atoms with van der Waals surface area (Å²) in [5.41, 5.74) is 1.24. The zero-order valence-corrected chi connectivity index (χ0v) is 16.2. The molecule has 2 fully saturated rings. The Bertz CT molecular complexity index is 587.